The van der Waals surface area contributed by atoms with Crippen molar-refractivity contribution in [2.75, 3.05) is 6.54 Å². The third kappa shape index (κ3) is 3.49. The summed E-state index contributed by atoms with van der Waals surface area (Å²) < 4.78 is 3.21. The first-order chi connectivity index (χ1) is 14.0. The Morgan fingerprint density at radius 3 is 2.83 bits per heavy atom. The molecule has 1 atom stereocenters. The number of hydrogen-bond donors (Lipinski definition) is 0. The second-order valence-electron chi connectivity index (χ2n) is 7.40. The Labute approximate surface area is 174 Å². The van der Waals surface area contributed by atoms with Crippen LogP contribution in [0.4, 0.5) is 0 Å². The van der Waals surface area contributed by atoms with Gasteiger partial charge in [-0.25, -0.2) is 4.98 Å². The van der Waals surface area contributed by atoms with Gasteiger partial charge < -0.3 is 4.90 Å². The van der Waals surface area contributed by atoms with Crippen molar-refractivity contribution in [2.45, 2.75) is 38.8 Å². The second-order valence-corrected chi connectivity index (χ2v) is 7.81. The summed E-state index contributed by atoms with van der Waals surface area (Å²) in [5, 5.41) is 0.544. The zero-order valence-electron chi connectivity index (χ0n) is 16.3. The SMILES string of the molecule is C=CCn1c(-c2ccccc2Cl)cn2cc(C(=O)N3CCCC[C@H]3C)nc2c1=O. The van der Waals surface area contributed by atoms with Gasteiger partial charge >= 0.3 is 0 Å². The van der Waals surface area contributed by atoms with Gasteiger partial charge in [-0.05, 0) is 32.3 Å². The van der Waals surface area contributed by atoms with E-state index in [0.717, 1.165) is 31.4 Å². The maximum atomic E-state index is 13.2. The fourth-order valence-electron chi connectivity index (χ4n) is 3.93. The molecule has 1 amide bonds. The van der Waals surface area contributed by atoms with Gasteiger partial charge in [0.25, 0.3) is 11.5 Å². The normalized spacial score (nSPS) is 16.9. The van der Waals surface area contributed by atoms with Crippen LogP contribution < -0.4 is 5.56 Å². The van der Waals surface area contributed by atoms with Crippen molar-refractivity contribution in [1.29, 1.82) is 0 Å². The van der Waals surface area contributed by atoms with Crippen LogP contribution in [0.5, 0.6) is 0 Å². The van der Waals surface area contributed by atoms with Gasteiger partial charge in [-0.15, -0.1) is 6.58 Å². The Hall–Kier alpha value is -2.86. The van der Waals surface area contributed by atoms with Gasteiger partial charge in [0, 0.05) is 42.1 Å². The molecule has 0 N–H and O–H groups in total. The van der Waals surface area contributed by atoms with E-state index in [9.17, 15) is 9.59 Å². The lowest BCUT2D eigenvalue weighted by atomic mass is 10.0. The number of halogens is 1. The molecular weight excluding hydrogens is 388 g/mol. The van der Waals surface area contributed by atoms with E-state index in [-0.39, 0.29) is 28.8 Å². The number of hydrogen-bond acceptors (Lipinski definition) is 3. The number of piperidine rings is 1. The molecule has 3 heterocycles. The highest BCUT2D eigenvalue weighted by atomic mass is 35.5. The maximum Gasteiger partial charge on any atom is 0.295 e. The van der Waals surface area contributed by atoms with Crippen LogP contribution in [0.2, 0.25) is 5.02 Å². The topological polar surface area (TPSA) is 59.6 Å². The number of likely N-dealkylation sites (tertiary alicyclic amines) is 1. The molecular formula is C22H23ClN4O2. The third-order valence-electron chi connectivity index (χ3n) is 5.47. The first-order valence-electron chi connectivity index (χ1n) is 9.80. The molecule has 1 aromatic carbocycles. The van der Waals surface area contributed by atoms with E-state index in [0.29, 0.717) is 17.3 Å². The van der Waals surface area contributed by atoms with E-state index in [2.05, 4.69) is 18.5 Å². The van der Waals surface area contributed by atoms with Crippen molar-refractivity contribution in [1.82, 2.24) is 18.9 Å². The minimum atomic E-state index is -0.284. The fraction of sp³-hybridized carbons (Fsp3) is 0.318. The van der Waals surface area contributed by atoms with Crippen LogP contribution in [0.1, 0.15) is 36.7 Å². The number of nitrogens with zero attached hydrogens (tertiary/aromatic N) is 4. The summed E-state index contributed by atoms with van der Waals surface area (Å²) >= 11 is 6.38. The van der Waals surface area contributed by atoms with Gasteiger partial charge in [-0.2, -0.15) is 0 Å². The van der Waals surface area contributed by atoms with E-state index >= 15 is 0 Å². The van der Waals surface area contributed by atoms with Crippen LogP contribution in [0.25, 0.3) is 16.9 Å². The van der Waals surface area contributed by atoms with E-state index in [1.165, 1.54) is 0 Å². The highest BCUT2D eigenvalue weighted by Gasteiger charge is 2.26. The van der Waals surface area contributed by atoms with Crippen molar-refractivity contribution in [3.63, 3.8) is 0 Å². The number of carbonyl (C=O) groups is 1. The first kappa shape index (κ1) is 19.5. The lowest BCUT2D eigenvalue weighted by Crippen LogP contribution is -2.42. The van der Waals surface area contributed by atoms with Crippen molar-refractivity contribution < 1.29 is 4.79 Å². The monoisotopic (exact) mass is 410 g/mol. The third-order valence-corrected chi connectivity index (χ3v) is 5.79. The zero-order chi connectivity index (χ0) is 20.5. The molecule has 3 aromatic rings. The molecule has 0 saturated carbocycles. The smallest absolute Gasteiger partial charge is 0.295 e. The number of aromatic nitrogens is 3. The predicted molar refractivity (Wildman–Crippen MR) is 114 cm³/mol. The van der Waals surface area contributed by atoms with Gasteiger partial charge in [0.05, 0.1) is 5.69 Å². The number of benzene rings is 1. The summed E-state index contributed by atoms with van der Waals surface area (Å²) in [7, 11) is 0. The summed E-state index contributed by atoms with van der Waals surface area (Å²) in [5.41, 5.74) is 1.61. The standard InChI is InChI=1S/C22H23ClN4O2/c1-3-11-27-19(16-9-4-5-10-17(16)23)14-25-13-18(24-20(25)22(27)29)21(28)26-12-7-6-8-15(26)2/h3-5,9-10,13-15H,1,6-8,11-12H2,2H3/t15-/m1/s1. The molecule has 150 valence electrons. The Morgan fingerprint density at radius 1 is 1.31 bits per heavy atom. The van der Waals surface area contributed by atoms with Crippen molar-refractivity contribution >= 4 is 23.2 Å². The fourth-order valence-corrected chi connectivity index (χ4v) is 4.16. The molecule has 7 heteroatoms. The largest absolute Gasteiger partial charge is 0.335 e. The highest BCUT2D eigenvalue weighted by molar-refractivity contribution is 6.33. The zero-order valence-corrected chi connectivity index (χ0v) is 17.1. The van der Waals surface area contributed by atoms with Gasteiger partial charge in [-0.3, -0.25) is 18.6 Å². The lowest BCUT2D eigenvalue weighted by molar-refractivity contribution is 0.0630. The van der Waals surface area contributed by atoms with Crippen LogP contribution in [0.15, 0.2) is 54.1 Å². The van der Waals surface area contributed by atoms with Gasteiger partial charge in [0.1, 0.15) is 5.69 Å². The van der Waals surface area contributed by atoms with Crippen LogP contribution in [-0.2, 0) is 6.54 Å². The van der Waals surface area contributed by atoms with Crippen molar-refractivity contribution in [2.24, 2.45) is 0 Å². The van der Waals surface area contributed by atoms with E-state index in [1.54, 1.807) is 33.5 Å². The molecule has 1 aliphatic heterocycles. The number of allylic oxidation sites excluding steroid dienone is 1. The van der Waals surface area contributed by atoms with Gasteiger partial charge in [0.2, 0.25) is 5.65 Å². The molecule has 1 saturated heterocycles. The summed E-state index contributed by atoms with van der Waals surface area (Å²) in [4.78, 5) is 32.4. The molecule has 0 spiro atoms. The summed E-state index contributed by atoms with van der Waals surface area (Å²) in [5.74, 6) is -0.130. The number of carbonyl (C=O) groups excluding carboxylic acids is 1. The first-order valence-corrected chi connectivity index (χ1v) is 10.2. The van der Waals surface area contributed by atoms with Crippen molar-refractivity contribution in [3.05, 3.63) is 70.4 Å². The number of imidazole rings is 1. The average Bonchev–Trinajstić information content (AvgIpc) is 3.15. The van der Waals surface area contributed by atoms with Gasteiger partial charge in [-0.1, -0.05) is 35.9 Å². The van der Waals surface area contributed by atoms with E-state index in [1.807, 2.05) is 23.1 Å². The lowest BCUT2D eigenvalue weighted by Gasteiger charge is -2.32. The Morgan fingerprint density at radius 2 is 2.10 bits per heavy atom. The highest BCUT2D eigenvalue weighted by Crippen LogP contribution is 2.27. The average molecular weight is 411 g/mol. The molecule has 0 bridgehead atoms. The van der Waals surface area contributed by atoms with Crippen LogP contribution in [-0.4, -0.2) is 37.3 Å². The summed E-state index contributed by atoms with van der Waals surface area (Å²) in [6.45, 7) is 6.85. The number of fused-ring (bicyclic) bond motifs is 1. The molecule has 0 radical (unpaired) electrons. The van der Waals surface area contributed by atoms with Crippen molar-refractivity contribution in [3.8, 4) is 11.3 Å². The molecule has 4 rings (SSSR count). The van der Waals surface area contributed by atoms with E-state index in [4.69, 9.17) is 11.6 Å². The molecule has 2 aromatic heterocycles. The number of amides is 1. The number of rotatable bonds is 4. The minimum Gasteiger partial charge on any atom is -0.335 e. The van der Waals surface area contributed by atoms with Crippen LogP contribution in [0, 0.1) is 0 Å². The minimum absolute atomic E-state index is 0.130. The Balaban J connectivity index is 1.86. The molecule has 0 unspecified atom stereocenters. The second kappa shape index (κ2) is 7.87. The molecule has 1 aliphatic rings. The Kier molecular flexibility index (Phi) is 5.28. The molecule has 0 aliphatic carbocycles. The Bertz CT molecular complexity index is 1150. The van der Waals surface area contributed by atoms with Crippen LogP contribution in [0.3, 0.4) is 0 Å². The molecule has 1 fully saturated rings. The molecule has 6 nitrogen and oxygen atoms in total. The summed E-state index contributed by atoms with van der Waals surface area (Å²) in [6.07, 6.45) is 8.20. The quantitative estimate of drug-likeness (QED) is 0.610. The van der Waals surface area contributed by atoms with Gasteiger partial charge in [0.15, 0.2) is 0 Å². The van der Waals surface area contributed by atoms with E-state index < -0.39 is 0 Å². The predicted octanol–water partition coefficient (Wildman–Crippen LogP) is 4.02. The summed E-state index contributed by atoms with van der Waals surface area (Å²) in [6, 6.07) is 7.53. The maximum absolute atomic E-state index is 13.2. The van der Waals surface area contributed by atoms with Crippen LogP contribution >= 0.6 is 11.6 Å². The molecule has 29 heavy (non-hydrogen) atoms.